The second-order valence-electron chi connectivity index (χ2n) is 6.29. The summed E-state index contributed by atoms with van der Waals surface area (Å²) in [5.41, 5.74) is 3.53. The molecule has 1 unspecified atom stereocenters. The third-order valence-corrected chi connectivity index (χ3v) is 5.48. The lowest BCUT2D eigenvalue weighted by Crippen LogP contribution is -2.13. The maximum absolute atomic E-state index is 13.0. The number of Topliss-reactive ketones (excluding diaryl/α,β-unsaturated/α-hetero) is 1. The number of carbonyl (C=O) groups is 1. The van der Waals surface area contributed by atoms with Crippen LogP contribution in [0, 0.1) is 0 Å². The van der Waals surface area contributed by atoms with Crippen LogP contribution in [0.25, 0.3) is 0 Å². The minimum Gasteiger partial charge on any atom is -0.293 e. The van der Waals surface area contributed by atoms with Gasteiger partial charge < -0.3 is 0 Å². The zero-order valence-electron chi connectivity index (χ0n) is 14.2. The molecular weight excluding hydrogens is 360 g/mol. The number of primary sulfonamides is 1. The van der Waals surface area contributed by atoms with Crippen molar-refractivity contribution in [3.63, 3.8) is 0 Å². The molecule has 0 radical (unpaired) electrons. The van der Waals surface area contributed by atoms with E-state index in [1.807, 2.05) is 48.5 Å². The van der Waals surface area contributed by atoms with E-state index in [2.05, 4.69) is 0 Å². The summed E-state index contributed by atoms with van der Waals surface area (Å²) in [5.74, 6) is -0.474. The number of aliphatic imine (C=N–C) groups is 1. The molecule has 0 amide bonds. The van der Waals surface area contributed by atoms with Crippen molar-refractivity contribution in [2.75, 3.05) is 0 Å². The molecular formula is C21H16N2O3S. The van der Waals surface area contributed by atoms with Crippen molar-refractivity contribution in [3.05, 3.63) is 95.6 Å². The third kappa shape index (κ3) is 3.20. The first kappa shape index (κ1) is 17.3. The van der Waals surface area contributed by atoms with Crippen LogP contribution in [0.5, 0.6) is 0 Å². The van der Waals surface area contributed by atoms with Crippen LogP contribution in [0.2, 0.25) is 0 Å². The predicted molar refractivity (Wildman–Crippen MR) is 104 cm³/mol. The summed E-state index contributed by atoms with van der Waals surface area (Å²) in [5, 5.41) is 5.14. The summed E-state index contributed by atoms with van der Waals surface area (Å²) in [6, 6.07) is 22.9. The van der Waals surface area contributed by atoms with Crippen LogP contribution < -0.4 is 5.14 Å². The van der Waals surface area contributed by atoms with Crippen molar-refractivity contribution in [2.45, 2.75) is 10.8 Å². The Labute approximate surface area is 157 Å². The Bertz CT molecular complexity index is 1150. The van der Waals surface area contributed by atoms with Gasteiger partial charge in [0.15, 0.2) is 5.78 Å². The van der Waals surface area contributed by atoms with E-state index >= 15 is 0 Å². The number of nitrogens with zero attached hydrogens (tertiary/aromatic N) is 1. The average Bonchev–Trinajstić information content (AvgIpc) is 2.94. The van der Waals surface area contributed by atoms with Crippen molar-refractivity contribution in [2.24, 2.45) is 10.1 Å². The number of carbonyl (C=O) groups excluding carboxylic acids is 1. The second-order valence-corrected chi connectivity index (χ2v) is 7.85. The smallest absolute Gasteiger partial charge is 0.238 e. The fraction of sp³-hybridized carbons (Fsp3) is 0.0476. The molecule has 0 spiro atoms. The standard InChI is InChI=1S/C21H16N2O3S/c22-27(25,26)16-12-10-15(11-13-16)23-20-17-8-4-5-9-18(17)21(24)19(20)14-6-2-1-3-7-14/h1-13,19H,(H2,22,25,26). The molecule has 1 aliphatic rings. The molecule has 1 aliphatic carbocycles. The van der Waals surface area contributed by atoms with Gasteiger partial charge in [0.25, 0.3) is 0 Å². The zero-order valence-corrected chi connectivity index (χ0v) is 15.1. The van der Waals surface area contributed by atoms with Crippen molar-refractivity contribution in [1.82, 2.24) is 0 Å². The van der Waals surface area contributed by atoms with Crippen molar-refractivity contribution < 1.29 is 13.2 Å². The Kier molecular flexibility index (Phi) is 4.22. The molecule has 27 heavy (non-hydrogen) atoms. The number of hydrogen-bond acceptors (Lipinski definition) is 4. The van der Waals surface area contributed by atoms with E-state index in [1.54, 1.807) is 18.2 Å². The largest absolute Gasteiger partial charge is 0.293 e. The van der Waals surface area contributed by atoms with E-state index in [-0.39, 0.29) is 10.7 Å². The summed E-state index contributed by atoms with van der Waals surface area (Å²) >= 11 is 0. The molecule has 0 bridgehead atoms. The predicted octanol–water partition coefficient (Wildman–Crippen LogP) is 3.43. The highest BCUT2D eigenvalue weighted by atomic mass is 32.2. The number of rotatable bonds is 3. The van der Waals surface area contributed by atoms with Crippen molar-refractivity contribution in [1.29, 1.82) is 0 Å². The lowest BCUT2D eigenvalue weighted by molar-refractivity contribution is 0.0988. The lowest BCUT2D eigenvalue weighted by atomic mass is 9.93. The van der Waals surface area contributed by atoms with Crippen LogP contribution in [0.4, 0.5) is 5.69 Å². The summed E-state index contributed by atoms with van der Waals surface area (Å²) in [4.78, 5) is 17.7. The zero-order chi connectivity index (χ0) is 19.0. The lowest BCUT2D eigenvalue weighted by Gasteiger charge is -2.11. The molecule has 2 N–H and O–H groups in total. The number of ketones is 1. The van der Waals surface area contributed by atoms with Crippen LogP contribution in [-0.2, 0) is 10.0 Å². The molecule has 4 rings (SSSR count). The average molecular weight is 376 g/mol. The minimum absolute atomic E-state index is 0.0108. The summed E-state index contributed by atoms with van der Waals surface area (Å²) in [7, 11) is -3.76. The number of hydrogen-bond donors (Lipinski definition) is 1. The van der Waals surface area contributed by atoms with Crippen LogP contribution >= 0.6 is 0 Å². The number of fused-ring (bicyclic) bond motifs is 1. The second kappa shape index (κ2) is 6.57. The van der Waals surface area contributed by atoms with Crippen LogP contribution in [-0.4, -0.2) is 19.9 Å². The fourth-order valence-electron chi connectivity index (χ4n) is 3.29. The van der Waals surface area contributed by atoms with Gasteiger partial charge in [-0.3, -0.25) is 9.79 Å². The maximum atomic E-state index is 13.0. The summed E-state index contributed by atoms with van der Waals surface area (Å²) in [6.07, 6.45) is 0. The summed E-state index contributed by atoms with van der Waals surface area (Å²) < 4.78 is 22.9. The SMILES string of the molecule is NS(=O)(=O)c1ccc(N=C2c3ccccc3C(=O)C2c2ccccc2)cc1. The van der Waals surface area contributed by atoms with Crippen molar-refractivity contribution in [3.8, 4) is 0 Å². The fourth-order valence-corrected chi connectivity index (χ4v) is 3.80. The van der Waals surface area contributed by atoms with Gasteiger partial charge in [0.05, 0.1) is 22.2 Å². The molecule has 6 heteroatoms. The third-order valence-electron chi connectivity index (χ3n) is 4.55. The van der Waals surface area contributed by atoms with Crippen LogP contribution in [0.1, 0.15) is 27.4 Å². The minimum atomic E-state index is -3.76. The van der Waals surface area contributed by atoms with Gasteiger partial charge in [0, 0.05) is 11.1 Å². The first-order valence-electron chi connectivity index (χ1n) is 8.35. The van der Waals surface area contributed by atoms with E-state index in [0.717, 1.165) is 11.1 Å². The highest BCUT2D eigenvalue weighted by Gasteiger charge is 2.37. The molecule has 0 saturated heterocycles. The maximum Gasteiger partial charge on any atom is 0.238 e. The molecule has 0 saturated carbocycles. The monoisotopic (exact) mass is 376 g/mol. The van der Waals surface area contributed by atoms with Gasteiger partial charge in [-0.2, -0.15) is 0 Å². The van der Waals surface area contributed by atoms with E-state index in [9.17, 15) is 13.2 Å². The van der Waals surface area contributed by atoms with Crippen molar-refractivity contribution >= 4 is 27.2 Å². The van der Waals surface area contributed by atoms with E-state index in [4.69, 9.17) is 10.1 Å². The highest BCUT2D eigenvalue weighted by molar-refractivity contribution is 7.89. The van der Waals surface area contributed by atoms with Gasteiger partial charge in [-0.1, -0.05) is 54.6 Å². The van der Waals surface area contributed by atoms with E-state index < -0.39 is 15.9 Å². The van der Waals surface area contributed by atoms with Gasteiger partial charge in [-0.05, 0) is 29.8 Å². The highest BCUT2D eigenvalue weighted by Crippen LogP contribution is 2.36. The van der Waals surface area contributed by atoms with E-state index in [1.165, 1.54) is 12.1 Å². The molecule has 0 aliphatic heterocycles. The first-order chi connectivity index (χ1) is 12.9. The molecule has 3 aromatic carbocycles. The topological polar surface area (TPSA) is 89.6 Å². The number of sulfonamides is 1. The Morgan fingerprint density at radius 3 is 2.00 bits per heavy atom. The Balaban J connectivity index is 1.85. The number of benzene rings is 3. The summed E-state index contributed by atoms with van der Waals surface area (Å²) in [6.45, 7) is 0. The van der Waals surface area contributed by atoms with Gasteiger partial charge in [0.2, 0.25) is 10.0 Å². The van der Waals surface area contributed by atoms with Crippen LogP contribution in [0.15, 0.2) is 88.8 Å². The van der Waals surface area contributed by atoms with Gasteiger partial charge >= 0.3 is 0 Å². The Morgan fingerprint density at radius 1 is 0.778 bits per heavy atom. The molecule has 1 atom stereocenters. The molecule has 0 aromatic heterocycles. The molecule has 0 heterocycles. The quantitative estimate of drug-likeness (QED) is 0.759. The first-order valence-corrected chi connectivity index (χ1v) is 9.90. The van der Waals surface area contributed by atoms with Gasteiger partial charge in [-0.15, -0.1) is 0 Å². The van der Waals surface area contributed by atoms with Gasteiger partial charge in [0.1, 0.15) is 0 Å². The molecule has 134 valence electrons. The Morgan fingerprint density at radius 2 is 1.37 bits per heavy atom. The number of nitrogens with two attached hydrogens (primary N) is 1. The molecule has 0 fully saturated rings. The van der Waals surface area contributed by atoms with E-state index in [0.29, 0.717) is 17.0 Å². The Hall–Kier alpha value is -3.09. The normalized spacial score (nSPS) is 17.9. The molecule has 3 aromatic rings. The molecule has 5 nitrogen and oxygen atoms in total. The van der Waals surface area contributed by atoms with Crippen LogP contribution in [0.3, 0.4) is 0 Å². The van der Waals surface area contributed by atoms with Gasteiger partial charge in [-0.25, -0.2) is 13.6 Å².